The van der Waals surface area contributed by atoms with E-state index in [9.17, 15) is 9.90 Å². The maximum Gasteiger partial charge on any atom is 0.325 e. The summed E-state index contributed by atoms with van der Waals surface area (Å²) in [6.45, 7) is 1.17. The zero-order chi connectivity index (χ0) is 13.4. The first kappa shape index (κ1) is 14.5. The van der Waals surface area contributed by atoms with E-state index in [4.69, 9.17) is 9.47 Å². The van der Waals surface area contributed by atoms with Crippen LogP contribution in [0.5, 0.6) is 5.75 Å². The van der Waals surface area contributed by atoms with E-state index >= 15 is 0 Å². The second-order valence-corrected chi connectivity index (χ2v) is 3.81. The molecule has 5 nitrogen and oxygen atoms in total. The molecule has 0 amide bonds. The monoisotopic (exact) mass is 253 g/mol. The first-order valence-electron chi connectivity index (χ1n) is 5.78. The Balaban J connectivity index is 2.74. The highest BCUT2D eigenvalue weighted by Gasteiger charge is 2.22. The van der Waals surface area contributed by atoms with Crippen LogP contribution in [0, 0.1) is 0 Å². The molecule has 5 heteroatoms. The lowest BCUT2D eigenvalue weighted by Gasteiger charge is -2.17. The number of methoxy groups -OCH3 is 2. The molecule has 0 aliphatic heterocycles. The van der Waals surface area contributed by atoms with E-state index < -0.39 is 12.0 Å². The molecule has 0 spiro atoms. The number of rotatable bonds is 8. The second-order valence-electron chi connectivity index (χ2n) is 3.81. The molecule has 1 atom stereocenters. The Bertz CT molecular complexity index is 381. The van der Waals surface area contributed by atoms with E-state index in [2.05, 4.69) is 5.32 Å². The molecule has 18 heavy (non-hydrogen) atoms. The third-order valence-electron chi connectivity index (χ3n) is 2.57. The van der Waals surface area contributed by atoms with Gasteiger partial charge in [-0.3, -0.25) is 4.79 Å². The molecular formula is C13H19NO4. The van der Waals surface area contributed by atoms with Crippen LogP contribution in [0.3, 0.4) is 0 Å². The number of hydrogen-bond donors (Lipinski definition) is 2. The minimum Gasteiger partial charge on any atom is -0.496 e. The first-order valence-corrected chi connectivity index (χ1v) is 5.78. The van der Waals surface area contributed by atoms with Crippen LogP contribution >= 0.6 is 0 Å². The summed E-state index contributed by atoms with van der Waals surface area (Å²) in [7, 11) is 3.15. The molecule has 100 valence electrons. The highest BCUT2D eigenvalue weighted by molar-refractivity contribution is 5.76. The molecule has 0 bridgehead atoms. The highest BCUT2D eigenvalue weighted by atomic mass is 16.5. The molecule has 0 aromatic heterocycles. The summed E-state index contributed by atoms with van der Waals surface area (Å²) in [4.78, 5) is 11.3. The van der Waals surface area contributed by atoms with Gasteiger partial charge < -0.3 is 19.9 Å². The summed E-state index contributed by atoms with van der Waals surface area (Å²) >= 11 is 0. The molecule has 0 heterocycles. The topological polar surface area (TPSA) is 67.8 Å². The molecular weight excluding hydrogens is 234 g/mol. The Hall–Kier alpha value is -1.59. The van der Waals surface area contributed by atoms with Crippen LogP contribution in [0.15, 0.2) is 24.3 Å². The maximum atomic E-state index is 11.3. The Morgan fingerprint density at radius 2 is 2.11 bits per heavy atom. The zero-order valence-electron chi connectivity index (χ0n) is 10.7. The molecule has 0 aliphatic rings. The Morgan fingerprint density at radius 3 is 2.72 bits per heavy atom. The molecule has 0 aliphatic carbocycles. The minimum atomic E-state index is -0.920. The molecule has 2 N–H and O–H groups in total. The fraction of sp³-hybridized carbons (Fsp3) is 0.462. The fourth-order valence-electron chi connectivity index (χ4n) is 1.70. The number of aliphatic carboxylic acids is 1. The highest BCUT2D eigenvalue weighted by Crippen LogP contribution is 2.24. The van der Waals surface area contributed by atoms with E-state index in [1.165, 1.54) is 7.11 Å². The van der Waals surface area contributed by atoms with Crippen molar-refractivity contribution in [2.45, 2.75) is 12.5 Å². The molecule has 0 saturated heterocycles. The number of carboxylic acid groups (broad SMARTS) is 1. The van der Waals surface area contributed by atoms with Crippen LogP contribution in [0.4, 0.5) is 0 Å². The third kappa shape index (κ3) is 4.01. The van der Waals surface area contributed by atoms with Crippen molar-refractivity contribution in [3.8, 4) is 5.75 Å². The summed E-state index contributed by atoms with van der Waals surface area (Å²) in [6, 6.07) is 6.35. The van der Waals surface area contributed by atoms with Crippen LogP contribution in [-0.2, 0) is 9.53 Å². The summed E-state index contributed by atoms with van der Waals surface area (Å²) in [6.07, 6.45) is 0.759. The number of nitrogens with one attached hydrogen (secondary N) is 1. The van der Waals surface area contributed by atoms with Gasteiger partial charge in [-0.25, -0.2) is 0 Å². The number of carboxylic acids is 1. The number of hydrogen-bond acceptors (Lipinski definition) is 4. The lowest BCUT2D eigenvalue weighted by atomic mass is 10.1. The summed E-state index contributed by atoms with van der Waals surface area (Å²) in [5, 5.41) is 12.2. The van der Waals surface area contributed by atoms with Crippen molar-refractivity contribution in [3.63, 3.8) is 0 Å². The van der Waals surface area contributed by atoms with Crippen molar-refractivity contribution in [2.75, 3.05) is 27.4 Å². The number of ether oxygens (including phenoxy) is 2. The van der Waals surface area contributed by atoms with Gasteiger partial charge in [0.15, 0.2) is 0 Å². The van der Waals surface area contributed by atoms with Crippen molar-refractivity contribution in [2.24, 2.45) is 0 Å². The lowest BCUT2D eigenvalue weighted by molar-refractivity contribution is -0.139. The van der Waals surface area contributed by atoms with Gasteiger partial charge in [-0.05, 0) is 19.0 Å². The lowest BCUT2D eigenvalue weighted by Crippen LogP contribution is -2.30. The van der Waals surface area contributed by atoms with Crippen molar-refractivity contribution in [3.05, 3.63) is 29.8 Å². The smallest absolute Gasteiger partial charge is 0.325 e. The fourth-order valence-corrected chi connectivity index (χ4v) is 1.70. The average Bonchev–Trinajstić information content (AvgIpc) is 2.38. The van der Waals surface area contributed by atoms with Crippen LogP contribution in [0.25, 0.3) is 0 Å². The first-order chi connectivity index (χ1) is 8.70. The molecule has 0 saturated carbocycles. The van der Waals surface area contributed by atoms with E-state index in [1.807, 2.05) is 6.07 Å². The Kier molecular flexibility index (Phi) is 6.18. The second kappa shape index (κ2) is 7.68. The zero-order valence-corrected chi connectivity index (χ0v) is 10.7. The Morgan fingerprint density at radius 1 is 1.39 bits per heavy atom. The van der Waals surface area contributed by atoms with Gasteiger partial charge in [0.1, 0.15) is 11.8 Å². The maximum absolute atomic E-state index is 11.3. The Labute approximate surface area is 107 Å². The van der Waals surface area contributed by atoms with Crippen molar-refractivity contribution in [1.82, 2.24) is 5.32 Å². The van der Waals surface area contributed by atoms with Gasteiger partial charge in [0.2, 0.25) is 0 Å². The van der Waals surface area contributed by atoms with Gasteiger partial charge in [0, 0.05) is 19.3 Å². The van der Waals surface area contributed by atoms with E-state index in [1.54, 1.807) is 25.3 Å². The van der Waals surface area contributed by atoms with Gasteiger partial charge >= 0.3 is 5.97 Å². The molecule has 1 aromatic rings. The summed E-state index contributed by atoms with van der Waals surface area (Å²) in [5.41, 5.74) is 0.630. The van der Waals surface area contributed by atoms with E-state index in [-0.39, 0.29) is 0 Å². The van der Waals surface area contributed by atoms with E-state index in [0.717, 1.165) is 6.42 Å². The van der Waals surface area contributed by atoms with Crippen LogP contribution in [0.2, 0.25) is 0 Å². The predicted molar refractivity (Wildman–Crippen MR) is 67.9 cm³/mol. The van der Waals surface area contributed by atoms with Crippen molar-refractivity contribution < 1.29 is 19.4 Å². The van der Waals surface area contributed by atoms with Crippen molar-refractivity contribution in [1.29, 1.82) is 0 Å². The number of carbonyl (C=O) groups is 1. The predicted octanol–water partition coefficient (Wildman–Crippen LogP) is 1.45. The molecule has 1 rings (SSSR count). The van der Waals surface area contributed by atoms with Gasteiger partial charge in [0.05, 0.1) is 7.11 Å². The standard InChI is InChI=1S/C13H19NO4/c1-17-9-5-8-14-12(13(15)16)10-6-3-4-7-11(10)18-2/h3-4,6-7,12,14H,5,8-9H2,1-2H3,(H,15,16). The van der Waals surface area contributed by atoms with Gasteiger partial charge in [-0.15, -0.1) is 0 Å². The number of benzene rings is 1. The van der Waals surface area contributed by atoms with Crippen LogP contribution in [-0.4, -0.2) is 38.4 Å². The van der Waals surface area contributed by atoms with Crippen LogP contribution < -0.4 is 10.1 Å². The van der Waals surface area contributed by atoms with Gasteiger partial charge in [-0.2, -0.15) is 0 Å². The summed E-state index contributed by atoms with van der Waals surface area (Å²) in [5.74, 6) is -0.346. The van der Waals surface area contributed by atoms with Gasteiger partial charge in [0.25, 0.3) is 0 Å². The quantitative estimate of drug-likeness (QED) is 0.686. The average molecular weight is 253 g/mol. The van der Waals surface area contributed by atoms with Crippen LogP contribution in [0.1, 0.15) is 18.0 Å². The summed E-state index contributed by atoms with van der Waals surface area (Å²) < 4.78 is 10.1. The SMILES string of the molecule is COCCCNC(C(=O)O)c1ccccc1OC. The van der Waals surface area contributed by atoms with Gasteiger partial charge in [-0.1, -0.05) is 18.2 Å². The molecule has 1 aromatic carbocycles. The molecule has 0 fully saturated rings. The molecule has 0 radical (unpaired) electrons. The molecule has 1 unspecified atom stereocenters. The van der Waals surface area contributed by atoms with Crippen molar-refractivity contribution >= 4 is 5.97 Å². The van der Waals surface area contributed by atoms with E-state index in [0.29, 0.717) is 24.5 Å². The minimum absolute atomic E-state index is 0.572. The normalized spacial score (nSPS) is 12.1. The third-order valence-corrected chi connectivity index (χ3v) is 2.57. The number of para-hydroxylation sites is 1. The largest absolute Gasteiger partial charge is 0.496 e.